The molecule has 33 heavy (non-hydrogen) atoms. The van der Waals surface area contributed by atoms with Gasteiger partial charge in [0.25, 0.3) is 0 Å². The fourth-order valence-corrected chi connectivity index (χ4v) is 4.22. The summed E-state index contributed by atoms with van der Waals surface area (Å²) in [7, 11) is 1.62. The van der Waals surface area contributed by atoms with Crippen molar-refractivity contribution in [3.63, 3.8) is 0 Å². The molecule has 9 heteroatoms. The lowest BCUT2D eigenvalue weighted by molar-refractivity contribution is -0.132. The molecule has 3 aromatic rings. The second kappa shape index (κ2) is 11.5. The number of methoxy groups -OCH3 is 1. The lowest BCUT2D eigenvalue weighted by atomic mass is 10.2. The number of benzene rings is 2. The minimum Gasteiger partial charge on any atom is -0.497 e. The number of para-hydroxylation sites is 1. The van der Waals surface area contributed by atoms with Gasteiger partial charge in [0.15, 0.2) is 5.16 Å². The Morgan fingerprint density at radius 1 is 1.09 bits per heavy atom. The monoisotopic (exact) mass is 467 g/mol. The van der Waals surface area contributed by atoms with Crippen molar-refractivity contribution < 1.29 is 14.3 Å². The van der Waals surface area contributed by atoms with Gasteiger partial charge < -0.3 is 15.0 Å². The van der Waals surface area contributed by atoms with Crippen molar-refractivity contribution in [2.75, 3.05) is 31.3 Å². The number of aromatic nitrogens is 3. The Morgan fingerprint density at radius 3 is 2.48 bits per heavy atom. The summed E-state index contributed by atoms with van der Waals surface area (Å²) in [6, 6.07) is 15.1. The van der Waals surface area contributed by atoms with Crippen LogP contribution in [0.4, 0.5) is 5.69 Å². The first-order valence-corrected chi connectivity index (χ1v) is 11.7. The van der Waals surface area contributed by atoms with E-state index in [1.54, 1.807) is 12.0 Å². The Morgan fingerprint density at radius 2 is 1.82 bits per heavy atom. The van der Waals surface area contributed by atoms with Gasteiger partial charge >= 0.3 is 0 Å². The molecule has 2 aromatic carbocycles. The summed E-state index contributed by atoms with van der Waals surface area (Å²) in [5, 5.41) is 11.9. The van der Waals surface area contributed by atoms with Crippen LogP contribution >= 0.6 is 11.8 Å². The number of anilines is 1. The van der Waals surface area contributed by atoms with Crippen LogP contribution in [0.15, 0.2) is 53.7 Å². The molecule has 1 N–H and O–H groups in total. The van der Waals surface area contributed by atoms with Gasteiger partial charge in [0.05, 0.1) is 19.4 Å². The van der Waals surface area contributed by atoms with Crippen molar-refractivity contribution in [2.45, 2.75) is 32.3 Å². The topological polar surface area (TPSA) is 89.4 Å². The SMILES string of the molecule is CCCN(CC(=O)Nc1ccccc1C)C(=O)CSc1nnc(C)n1-c1ccc(OC)cc1. The molecule has 0 saturated carbocycles. The van der Waals surface area contributed by atoms with Gasteiger partial charge in [-0.2, -0.15) is 0 Å². The number of nitrogens with one attached hydrogen (secondary N) is 1. The van der Waals surface area contributed by atoms with Crippen molar-refractivity contribution in [2.24, 2.45) is 0 Å². The normalized spacial score (nSPS) is 10.7. The lowest BCUT2D eigenvalue weighted by Gasteiger charge is -2.21. The molecule has 0 spiro atoms. The van der Waals surface area contributed by atoms with Crippen LogP contribution in [0.25, 0.3) is 5.69 Å². The number of ether oxygens (including phenoxy) is 1. The van der Waals surface area contributed by atoms with Crippen molar-refractivity contribution >= 4 is 29.3 Å². The van der Waals surface area contributed by atoms with E-state index in [1.807, 2.05) is 73.9 Å². The fourth-order valence-electron chi connectivity index (χ4n) is 3.32. The summed E-state index contributed by atoms with van der Waals surface area (Å²) < 4.78 is 7.12. The standard InChI is InChI=1S/C24H29N5O3S/c1-5-14-28(15-22(30)25-21-9-7-6-8-17(21)2)23(31)16-33-24-27-26-18(3)29(24)19-10-12-20(32-4)13-11-19/h6-13H,5,14-16H2,1-4H3,(H,25,30). The highest BCUT2D eigenvalue weighted by Gasteiger charge is 2.19. The number of hydrogen-bond donors (Lipinski definition) is 1. The summed E-state index contributed by atoms with van der Waals surface area (Å²) in [6.07, 6.45) is 0.759. The minimum atomic E-state index is -0.214. The zero-order chi connectivity index (χ0) is 23.8. The van der Waals surface area contributed by atoms with Crippen LogP contribution in [0, 0.1) is 13.8 Å². The molecule has 0 aliphatic heterocycles. The Hall–Kier alpha value is -3.33. The number of carbonyl (C=O) groups excluding carboxylic acids is 2. The third-order valence-electron chi connectivity index (χ3n) is 5.05. The fraction of sp³-hybridized carbons (Fsp3) is 0.333. The number of aryl methyl sites for hydroxylation is 2. The van der Waals surface area contributed by atoms with E-state index in [4.69, 9.17) is 4.74 Å². The number of rotatable bonds is 10. The average molecular weight is 468 g/mol. The second-order valence-corrected chi connectivity index (χ2v) is 8.47. The largest absolute Gasteiger partial charge is 0.497 e. The highest BCUT2D eigenvalue weighted by atomic mass is 32.2. The van der Waals surface area contributed by atoms with Crippen molar-refractivity contribution in [3.8, 4) is 11.4 Å². The van der Waals surface area contributed by atoms with Crippen LogP contribution in [0.3, 0.4) is 0 Å². The van der Waals surface area contributed by atoms with Gasteiger partial charge in [-0.25, -0.2) is 0 Å². The van der Waals surface area contributed by atoms with Crippen LogP contribution < -0.4 is 10.1 Å². The van der Waals surface area contributed by atoms with E-state index in [0.29, 0.717) is 11.7 Å². The second-order valence-electron chi connectivity index (χ2n) is 7.53. The quantitative estimate of drug-likeness (QED) is 0.456. The van der Waals surface area contributed by atoms with Gasteiger partial charge in [-0.3, -0.25) is 14.2 Å². The van der Waals surface area contributed by atoms with E-state index < -0.39 is 0 Å². The number of hydrogen-bond acceptors (Lipinski definition) is 6. The highest BCUT2D eigenvalue weighted by Crippen LogP contribution is 2.24. The molecule has 0 aliphatic rings. The molecule has 1 heterocycles. The molecule has 2 amide bonds. The molecule has 0 unspecified atom stereocenters. The van der Waals surface area contributed by atoms with Crippen molar-refractivity contribution in [1.29, 1.82) is 0 Å². The molecule has 3 rings (SSSR count). The van der Waals surface area contributed by atoms with Crippen LogP contribution in [-0.4, -0.2) is 57.4 Å². The van der Waals surface area contributed by atoms with E-state index in [2.05, 4.69) is 15.5 Å². The van der Waals surface area contributed by atoms with Crippen LogP contribution in [0.5, 0.6) is 5.75 Å². The molecule has 0 atom stereocenters. The maximum absolute atomic E-state index is 13.0. The van der Waals surface area contributed by atoms with E-state index in [-0.39, 0.29) is 24.1 Å². The van der Waals surface area contributed by atoms with Crippen molar-refractivity contribution in [1.82, 2.24) is 19.7 Å². The Bertz CT molecular complexity index is 1100. The Balaban J connectivity index is 1.65. The maximum atomic E-state index is 13.0. The number of carbonyl (C=O) groups is 2. The minimum absolute atomic E-state index is 0.00572. The third kappa shape index (κ3) is 6.35. The summed E-state index contributed by atoms with van der Waals surface area (Å²) in [6.45, 7) is 6.29. The first-order valence-electron chi connectivity index (χ1n) is 10.8. The maximum Gasteiger partial charge on any atom is 0.244 e. The van der Waals surface area contributed by atoms with Crippen LogP contribution in [0.1, 0.15) is 24.7 Å². The number of amides is 2. The first kappa shape index (κ1) is 24.3. The van der Waals surface area contributed by atoms with Crippen LogP contribution in [-0.2, 0) is 9.59 Å². The average Bonchev–Trinajstić information content (AvgIpc) is 3.19. The molecular formula is C24H29N5O3S. The molecule has 174 valence electrons. The molecule has 0 saturated heterocycles. The zero-order valence-electron chi connectivity index (χ0n) is 19.4. The van der Waals surface area contributed by atoms with Gasteiger partial charge in [0.1, 0.15) is 11.6 Å². The Kier molecular flexibility index (Phi) is 8.48. The van der Waals surface area contributed by atoms with E-state index in [9.17, 15) is 9.59 Å². The lowest BCUT2D eigenvalue weighted by Crippen LogP contribution is -2.39. The van der Waals surface area contributed by atoms with Gasteiger partial charge in [-0.05, 0) is 56.2 Å². The highest BCUT2D eigenvalue weighted by molar-refractivity contribution is 7.99. The number of nitrogens with zero attached hydrogens (tertiary/aromatic N) is 4. The molecule has 0 radical (unpaired) electrons. The predicted octanol–water partition coefficient (Wildman–Crippen LogP) is 3.86. The van der Waals surface area contributed by atoms with Crippen LogP contribution in [0.2, 0.25) is 0 Å². The van der Waals surface area contributed by atoms with Gasteiger partial charge in [-0.15, -0.1) is 10.2 Å². The molecule has 8 nitrogen and oxygen atoms in total. The van der Waals surface area contributed by atoms with E-state index in [1.165, 1.54) is 11.8 Å². The summed E-state index contributed by atoms with van der Waals surface area (Å²) in [5.74, 6) is 1.30. The number of thioether (sulfide) groups is 1. The third-order valence-corrected chi connectivity index (χ3v) is 5.96. The van der Waals surface area contributed by atoms with Crippen molar-refractivity contribution in [3.05, 3.63) is 59.9 Å². The molecule has 0 fully saturated rings. The summed E-state index contributed by atoms with van der Waals surface area (Å²) >= 11 is 1.30. The van der Waals surface area contributed by atoms with Gasteiger partial charge in [0.2, 0.25) is 11.8 Å². The molecule has 0 aliphatic carbocycles. The summed E-state index contributed by atoms with van der Waals surface area (Å²) in [4.78, 5) is 27.1. The zero-order valence-corrected chi connectivity index (χ0v) is 20.2. The Labute approximate surface area is 198 Å². The van der Waals surface area contributed by atoms with E-state index in [0.717, 1.165) is 34.9 Å². The van der Waals surface area contributed by atoms with Gasteiger partial charge in [-0.1, -0.05) is 36.9 Å². The summed E-state index contributed by atoms with van der Waals surface area (Å²) in [5.41, 5.74) is 2.61. The molecule has 0 bridgehead atoms. The van der Waals surface area contributed by atoms with E-state index >= 15 is 0 Å². The molecular weight excluding hydrogens is 438 g/mol. The first-order chi connectivity index (χ1) is 15.9. The van der Waals surface area contributed by atoms with Gasteiger partial charge in [0, 0.05) is 17.9 Å². The predicted molar refractivity (Wildman–Crippen MR) is 130 cm³/mol. The smallest absolute Gasteiger partial charge is 0.244 e. The molecule has 1 aromatic heterocycles.